The molecular weight excluding hydrogens is 344 g/mol. The lowest BCUT2D eigenvalue weighted by Crippen LogP contribution is -2.57. The van der Waals surface area contributed by atoms with Crippen LogP contribution in [0.15, 0.2) is 34.9 Å². The van der Waals surface area contributed by atoms with E-state index in [4.69, 9.17) is 4.52 Å². The van der Waals surface area contributed by atoms with Crippen LogP contribution in [0.4, 0.5) is 0 Å². The predicted molar refractivity (Wildman–Crippen MR) is 101 cm³/mol. The van der Waals surface area contributed by atoms with Gasteiger partial charge in [0.1, 0.15) is 0 Å². The first-order chi connectivity index (χ1) is 12.8. The smallest absolute Gasteiger partial charge is 0.257 e. The molecule has 1 atom stereocenters. The first kappa shape index (κ1) is 19.1. The zero-order chi connectivity index (χ0) is 19.6. The van der Waals surface area contributed by atoms with Crippen molar-refractivity contribution in [1.29, 1.82) is 0 Å². The molecule has 144 valence electrons. The number of amides is 2. The van der Waals surface area contributed by atoms with E-state index in [9.17, 15) is 9.59 Å². The second kappa shape index (κ2) is 7.50. The average molecular weight is 370 g/mol. The number of nitrogens with zero attached hydrogens (tertiary/aromatic N) is 4. The van der Waals surface area contributed by atoms with Gasteiger partial charge in [-0.2, -0.15) is 4.98 Å². The van der Waals surface area contributed by atoms with Crippen LogP contribution in [0.2, 0.25) is 0 Å². The number of aromatic nitrogens is 2. The van der Waals surface area contributed by atoms with E-state index in [1.54, 1.807) is 4.90 Å². The summed E-state index contributed by atoms with van der Waals surface area (Å²) in [7, 11) is 0. The van der Waals surface area contributed by atoms with E-state index < -0.39 is 5.41 Å². The molecule has 7 nitrogen and oxygen atoms in total. The van der Waals surface area contributed by atoms with Crippen LogP contribution in [-0.2, 0) is 16.0 Å². The molecule has 1 saturated heterocycles. The van der Waals surface area contributed by atoms with Crippen molar-refractivity contribution < 1.29 is 14.1 Å². The van der Waals surface area contributed by atoms with E-state index >= 15 is 0 Å². The van der Waals surface area contributed by atoms with Crippen LogP contribution in [0.3, 0.4) is 0 Å². The molecule has 0 radical (unpaired) electrons. The topological polar surface area (TPSA) is 79.5 Å². The standard InChI is InChI=1S/C20H26N4O3/c1-14-13-23(10-11-24(14)19(26)20(2,3)4)17(25)12-16-21-18(27-22-16)15-8-6-5-7-9-15/h5-9,14H,10-13H2,1-4H3/t14-/m0/s1. The third-order valence-corrected chi connectivity index (χ3v) is 4.68. The highest BCUT2D eigenvalue weighted by atomic mass is 16.5. The number of hydrogen-bond donors (Lipinski definition) is 0. The average Bonchev–Trinajstić information content (AvgIpc) is 3.09. The van der Waals surface area contributed by atoms with Crippen molar-refractivity contribution in [3.8, 4) is 11.5 Å². The molecule has 1 fully saturated rings. The summed E-state index contributed by atoms with van der Waals surface area (Å²) in [6, 6.07) is 9.45. The van der Waals surface area contributed by atoms with Crippen LogP contribution in [0, 0.1) is 5.41 Å². The number of benzene rings is 1. The summed E-state index contributed by atoms with van der Waals surface area (Å²) in [6.45, 7) is 9.31. The first-order valence-electron chi connectivity index (χ1n) is 9.22. The lowest BCUT2D eigenvalue weighted by Gasteiger charge is -2.42. The normalized spacial score (nSPS) is 17.9. The fraction of sp³-hybridized carbons (Fsp3) is 0.500. The van der Waals surface area contributed by atoms with Gasteiger partial charge in [-0.15, -0.1) is 0 Å². The van der Waals surface area contributed by atoms with Gasteiger partial charge < -0.3 is 14.3 Å². The maximum Gasteiger partial charge on any atom is 0.257 e. The molecule has 1 aliphatic rings. The van der Waals surface area contributed by atoms with Crippen molar-refractivity contribution in [2.75, 3.05) is 19.6 Å². The Kier molecular flexibility index (Phi) is 5.30. The van der Waals surface area contributed by atoms with Crippen LogP contribution >= 0.6 is 0 Å². The Morgan fingerprint density at radius 3 is 2.52 bits per heavy atom. The van der Waals surface area contributed by atoms with Gasteiger partial charge in [-0.05, 0) is 19.1 Å². The molecule has 0 unspecified atom stereocenters. The fourth-order valence-corrected chi connectivity index (χ4v) is 3.19. The van der Waals surface area contributed by atoms with Gasteiger partial charge in [0.2, 0.25) is 11.8 Å². The molecule has 0 aliphatic carbocycles. The van der Waals surface area contributed by atoms with Crippen LogP contribution in [-0.4, -0.2) is 57.4 Å². The number of rotatable bonds is 3. The van der Waals surface area contributed by atoms with Gasteiger partial charge in [0.15, 0.2) is 5.82 Å². The van der Waals surface area contributed by atoms with Gasteiger partial charge in [0.05, 0.1) is 6.42 Å². The number of piperazine rings is 1. The summed E-state index contributed by atoms with van der Waals surface area (Å²) in [4.78, 5) is 33.1. The third-order valence-electron chi connectivity index (χ3n) is 4.68. The molecule has 1 aliphatic heterocycles. The molecule has 7 heteroatoms. The van der Waals surface area contributed by atoms with E-state index in [0.29, 0.717) is 31.3 Å². The fourth-order valence-electron chi connectivity index (χ4n) is 3.19. The van der Waals surface area contributed by atoms with Crippen molar-refractivity contribution in [3.63, 3.8) is 0 Å². The molecule has 0 saturated carbocycles. The van der Waals surface area contributed by atoms with Gasteiger partial charge in [0, 0.05) is 36.7 Å². The van der Waals surface area contributed by atoms with Gasteiger partial charge in [-0.25, -0.2) is 0 Å². The summed E-state index contributed by atoms with van der Waals surface area (Å²) < 4.78 is 5.26. The summed E-state index contributed by atoms with van der Waals surface area (Å²) >= 11 is 0. The molecule has 0 bridgehead atoms. The van der Waals surface area contributed by atoms with E-state index in [1.165, 1.54) is 0 Å². The number of hydrogen-bond acceptors (Lipinski definition) is 5. The Labute approximate surface area is 159 Å². The second-order valence-corrected chi connectivity index (χ2v) is 8.00. The maximum absolute atomic E-state index is 12.6. The summed E-state index contributed by atoms with van der Waals surface area (Å²) in [5, 5.41) is 3.92. The summed E-state index contributed by atoms with van der Waals surface area (Å²) in [5.74, 6) is 0.852. The van der Waals surface area contributed by atoms with Gasteiger partial charge in [0.25, 0.3) is 5.89 Å². The van der Waals surface area contributed by atoms with Crippen molar-refractivity contribution in [2.45, 2.75) is 40.2 Å². The largest absolute Gasteiger partial charge is 0.338 e. The zero-order valence-electron chi connectivity index (χ0n) is 16.3. The summed E-state index contributed by atoms with van der Waals surface area (Å²) in [5.41, 5.74) is 0.408. The quantitative estimate of drug-likeness (QED) is 0.829. The second-order valence-electron chi connectivity index (χ2n) is 8.00. The highest BCUT2D eigenvalue weighted by molar-refractivity contribution is 5.83. The van der Waals surface area contributed by atoms with Gasteiger partial charge in [-0.3, -0.25) is 9.59 Å². The van der Waals surface area contributed by atoms with E-state index in [2.05, 4.69) is 10.1 Å². The van der Waals surface area contributed by atoms with Crippen molar-refractivity contribution >= 4 is 11.8 Å². The molecule has 27 heavy (non-hydrogen) atoms. The van der Waals surface area contributed by atoms with Crippen LogP contribution in [0.1, 0.15) is 33.5 Å². The third kappa shape index (κ3) is 4.35. The van der Waals surface area contributed by atoms with Crippen molar-refractivity contribution in [2.24, 2.45) is 5.41 Å². The molecule has 2 amide bonds. The Morgan fingerprint density at radius 1 is 1.19 bits per heavy atom. The first-order valence-corrected chi connectivity index (χ1v) is 9.22. The minimum atomic E-state index is -0.418. The minimum absolute atomic E-state index is 0.0143. The predicted octanol–water partition coefficient (Wildman–Crippen LogP) is 2.38. The Morgan fingerprint density at radius 2 is 1.89 bits per heavy atom. The Hall–Kier alpha value is -2.70. The molecule has 0 spiro atoms. The number of carbonyl (C=O) groups excluding carboxylic acids is 2. The maximum atomic E-state index is 12.6. The Balaban J connectivity index is 1.60. The highest BCUT2D eigenvalue weighted by Crippen LogP contribution is 2.22. The van der Waals surface area contributed by atoms with Gasteiger partial charge >= 0.3 is 0 Å². The van der Waals surface area contributed by atoms with E-state index in [1.807, 2.05) is 62.9 Å². The zero-order valence-corrected chi connectivity index (χ0v) is 16.3. The van der Waals surface area contributed by atoms with Crippen LogP contribution < -0.4 is 0 Å². The lowest BCUT2D eigenvalue weighted by molar-refractivity contribution is -0.148. The van der Waals surface area contributed by atoms with Gasteiger partial charge in [-0.1, -0.05) is 44.1 Å². The molecular formula is C20H26N4O3. The minimum Gasteiger partial charge on any atom is -0.338 e. The van der Waals surface area contributed by atoms with Crippen molar-refractivity contribution in [1.82, 2.24) is 19.9 Å². The Bertz CT molecular complexity index is 810. The molecule has 2 aromatic rings. The van der Waals surface area contributed by atoms with E-state index in [-0.39, 0.29) is 24.3 Å². The molecule has 1 aromatic carbocycles. The SMILES string of the molecule is C[C@H]1CN(C(=O)Cc2noc(-c3ccccc3)n2)CCN1C(=O)C(C)(C)C. The summed E-state index contributed by atoms with van der Waals surface area (Å²) in [6.07, 6.45) is 0.0935. The molecule has 0 N–H and O–H groups in total. The monoisotopic (exact) mass is 370 g/mol. The van der Waals surface area contributed by atoms with Crippen LogP contribution in [0.25, 0.3) is 11.5 Å². The lowest BCUT2D eigenvalue weighted by atomic mass is 9.93. The van der Waals surface area contributed by atoms with E-state index in [0.717, 1.165) is 5.56 Å². The van der Waals surface area contributed by atoms with Crippen LogP contribution in [0.5, 0.6) is 0 Å². The highest BCUT2D eigenvalue weighted by Gasteiger charge is 2.35. The molecule has 1 aromatic heterocycles. The van der Waals surface area contributed by atoms with Crippen molar-refractivity contribution in [3.05, 3.63) is 36.2 Å². The molecule has 2 heterocycles. The number of carbonyl (C=O) groups is 2. The molecule has 3 rings (SSSR count).